The first-order chi connectivity index (χ1) is 15.1. The Balaban J connectivity index is 1.63. The lowest BCUT2D eigenvalue weighted by Gasteiger charge is -2.25. The molecule has 0 fully saturated rings. The van der Waals surface area contributed by atoms with Crippen LogP contribution in [0.2, 0.25) is 0 Å². The van der Waals surface area contributed by atoms with E-state index in [1.165, 1.54) is 6.92 Å². The van der Waals surface area contributed by atoms with Gasteiger partial charge in [0.25, 0.3) is 0 Å². The van der Waals surface area contributed by atoms with Crippen molar-refractivity contribution in [3.8, 4) is 11.1 Å². The van der Waals surface area contributed by atoms with Crippen molar-refractivity contribution < 1.29 is 29.0 Å². The first-order valence-electron chi connectivity index (χ1n) is 10.4. The predicted molar refractivity (Wildman–Crippen MR) is 118 cm³/mol. The van der Waals surface area contributed by atoms with Gasteiger partial charge in [-0.3, -0.25) is 0 Å². The molecule has 0 unspecified atom stereocenters. The largest absolute Gasteiger partial charge is 0.480 e. The summed E-state index contributed by atoms with van der Waals surface area (Å²) in [6, 6.07) is 13.5. The fourth-order valence-corrected chi connectivity index (χ4v) is 3.74. The second kappa shape index (κ2) is 9.30. The molecule has 2 atom stereocenters. The van der Waals surface area contributed by atoms with Crippen molar-refractivity contribution in [2.75, 3.05) is 6.61 Å². The number of benzene rings is 2. The molecule has 3 rings (SSSR count). The van der Waals surface area contributed by atoms with E-state index in [1.54, 1.807) is 20.8 Å². The van der Waals surface area contributed by atoms with Gasteiger partial charge in [0.2, 0.25) is 0 Å². The molecule has 0 aromatic heterocycles. The second-order valence-corrected chi connectivity index (χ2v) is 8.72. The zero-order chi connectivity index (χ0) is 23.5. The number of carbonyl (C=O) groups is 3. The summed E-state index contributed by atoms with van der Waals surface area (Å²) in [4.78, 5) is 36.0. The smallest absolute Gasteiger partial charge is 0.407 e. The molecule has 170 valence electrons. The molecule has 32 heavy (non-hydrogen) atoms. The number of aliphatic carboxylic acids is 1. The van der Waals surface area contributed by atoms with E-state index in [0.29, 0.717) is 0 Å². The maximum absolute atomic E-state index is 12.4. The van der Waals surface area contributed by atoms with Crippen LogP contribution in [0.5, 0.6) is 0 Å². The van der Waals surface area contributed by atoms with Crippen molar-refractivity contribution in [2.45, 2.75) is 51.3 Å². The molecule has 2 amide bonds. The molecular formula is C24H28N2O6. The van der Waals surface area contributed by atoms with E-state index >= 15 is 0 Å². The molecule has 0 spiro atoms. The molecule has 1 aliphatic rings. The Morgan fingerprint density at radius 3 is 1.97 bits per heavy atom. The van der Waals surface area contributed by atoms with Crippen LogP contribution in [0.25, 0.3) is 11.1 Å². The van der Waals surface area contributed by atoms with Crippen LogP contribution < -0.4 is 10.6 Å². The Labute approximate surface area is 186 Å². The van der Waals surface area contributed by atoms with Crippen molar-refractivity contribution in [2.24, 2.45) is 0 Å². The van der Waals surface area contributed by atoms with Crippen LogP contribution in [0.1, 0.15) is 44.7 Å². The molecule has 0 saturated heterocycles. The fraction of sp³-hybridized carbons (Fsp3) is 0.375. The monoisotopic (exact) mass is 440 g/mol. The number of rotatable bonds is 6. The lowest BCUT2D eigenvalue weighted by Crippen LogP contribution is -2.55. The normalized spacial score (nSPS) is 14.5. The third-order valence-electron chi connectivity index (χ3n) is 5.13. The van der Waals surface area contributed by atoms with Gasteiger partial charge >= 0.3 is 18.2 Å². The molecule has 0 radical (unpaired) electrons. The molecule has 1 aliphatic carbocycles. The molecule has 0 bridgehead atoms. The molecule has 8 heteroatoms. The number of alkyl carbamates (subject to hydrolysis) is 2. The number of carbonyl (C=O) groups excluding carboxylic acids is 2. The van der Waals surface area contributed by atoms with E-state index in [9.17, 15) is 19.5 Å². The van der Waals surface area contributed by atoms with E-state index in [2.05, 4.69) is 10.6 Å². The fourth-order valence-electron chi connectivity index (χ4n) is 3.74. The highest BCUT2D eigenvalue weighted by Gasteiger charge is 2.32. The molecular weight excluding hydrogens is 412 g/mol. The summed E-state index contributed by atoms with van der Waals surface area (Å²) in [7, 11) is 0. The topological polar surface area (TPSA) is 114 Å². The van der Waals surface area contributed by atoms with Gasteiger partial charge in [0.15, 0.2) is 0 Å². The van der Waals surface area contributed by atoms with Crippen molar-refractivity contribution in [3.05, 3.63) is 59.7 Å². The van der Waals surface area contributed by atoms with E-state index in [4.69, 9.17) is 9.47 Å². The maximum atomic E-state index is 12.4. The highest BCUT2D eigenvalue weighted by Crippen LogP contribution is 2.44. The Hall–Kier alpha value is -3.55. The van der Waals surface area contributed by atoms with Crippen LogP contribution in [-0.2, 0) is 14.3 Å². The maximum Gasteiger partial charge on any atom is 0.407 e. The molecule has 0 saturated carbocycles. The van der Waals surface area contributed by atoms with Gasteiger partial charge in [0.05, 0.1) is 6.04 Å². The van der Waals surface area contributed by atoms with E-state index < -0.39 is 35.8 Å². The van der Waals surface area contributed by atoms with Gasteiger partial charge < -0.3 is 25.2 Å². The zero-order valence-corrected chi connectivity index (χ0v) is 18.5. The number of carboxylic acid groups (broad SMARTS) is 1. The summed E-state index contributed by atoms with van der Waals surface area (Å²) in [5, 5.41) is 14.3. The number of nitrogens with one attached hydrogen (secondary N) is 2. The van der Waals surface area contributed by atoms with Gasteiger partial charge in [0.1, 0.15) is 18.2 Å². The minimum atomic E-state index is -1.39. The first-order valence-corrected chi connectivity index (χ1v) is 10.4. The summed E-state index contributed by atoms with van der Waals surface area (Å²) in [5.41, 5.74) is 3.56. The van der Waals surface area contributed by atoms with Crippen LogP contribution in [0, 0.1) is 0 Å². The standard InChI is InChI=1S/C24H28N2O6/c1-14(25-23(30)32-24(2,3)4)20(21(27)28)26-22(29)31-13-19-17-11-7-5-9-15(17)16-10-6-8-12-18(16)19/h5-12,14,19-20H,13H2,1-4H3,(H,25,30)(H,26,29)(H,27,28)/t14-,20-/m0/s1. The van der Waals surface area contributed by atoms with Gasteiger partial charge in [-0.15, -0.1) is 0 Å². The third-order valence-corrected chi connectivity index (χ3v) is 5.13. The molecule has 2 aromatic carbocycles. The summed E-state index contributed by atoms with van der Waals surface area (Å²) in [6.07, 6.45) is -1.65. The van der Waals surface area contributed by atoms with Crippen molar-refractivity contribution in [1.29, 1.82) is 0 Å². The number of fused-ring (bicyclic) bond motifs is 3. The Morgan fingerprint density at radius 2 is 1.47 bits per heavy atom. The van der Waals surface area contributed by atoms with Gasteiger partial charge in [-0.25, -0.2) is 14.4 Å². The van der Waals surface area contributed by atoms with Crippen LogP contribution in [0.15, 0.2) is 48.5 Å². The average molecular weight is 440 g/mol. The number of amides is 2. The number of hydrogen-bond donors (Lipinski definition) is 3. The predicted octanol–water partition coefficient (Wildman–Crippen LogP) is 3.89. The van der Waals surface area contributed by atoms with Gasteiger partial charge in [-0.1, -0.05) is 48.5 Å². The van der Waals surface area contributed by atoms with Crippen LogP contribution in [0.3, 0.4) is 0 Å². The minimum Gasteiger partial charge on any atom is -0.480 e. The number of ether oxygens (including phenoxy) is 2. The summed E-state index contributed by atoms with van der Waals surface area (Å²) < 4.78 is 10.5. The quantitative estimate of drug-likeness (QED) is 0.628. The first kappa shape index (κ1) is 23.1. The van der Waals surface area contributed by atoms with Gasteiger partial charge in [-0.2, -0.15) is 0 Å². The number of carboxylic acids is 1. The van der Waals surface area contributed by atoms with E-state index in [0.717, 1.165) is 22.3 Å². The highest BCUT2D eigenvalue weighted by molar-refractivity contribution is 5.82. The SMILES string of the molecule is C[C@H](NC(=O)OC(C)(C)C)[C@H](NC(=O)OCC1c2ccccc2-c2ccccc21)C(=O)O. The van der Waals surface area contributed by atoms with Gasteiger partial charge in [0, 0.05) is 5.92 Å². The lowest BCUT2D eigenvalue weighted by molar-refractivity contribution is -0.140. The highest BCUT2D eigenvalue weighted by atomic mass is 16.6. The molecule has 3 N–H and O–H groups in total. The molecule has 0 aliphatic heterocycles. The van der Waals surface area contributed by atoms with E-state index in [1.807, 2.05) is 48.5 Å². The zero-order valence-electron chi connectivity index (χ0n) is 18.5. The number of hydrogen-bond acceptors (Lipinski definition) is 5. The van der Waals surface area contributed by atoms with Crippen LogP contribution in [0.4, 0.5) is 9.59 Å². The van der Waals surface area contributed by atoms with E-state index in [-0.39, 0.29) is 12.5 Å². The summed E-state index contributed by atoms with van der Waals surface area (Å²) >= 11 is 0. The second-order valence-electron chi connectivity index (χ2n) is 8.72. The van der Waals surface area contributed by atoms with Crippen molar-refractivity contribution in [1.82, 2.24) is 10.6 Å². The van der Waals surface area contributed by atoms with Crippen molar-refractivity contribution in [3.63, 3.8) is 0 Å². The van der Waals surface area contributed by atoms with Crippen LogP contribution in [-0.4, -0.2) is 47.6 Å². The van der Waals surface area contributed by atoms with Crippen LogP contribution >= 0.6 is 0 Å². The summed E-state index contributed by atoms with van der Waals surface area (Å²) in [6.45, 7) is 6.61. The van der Waals surface area contributed by atoms with Crippen molar-refractivity contribution >= 4 is 18.2 Å². The summed E-state index contributed by atoms with van der Waals surface area (Å²) in [5.74, 6) is -1.45. The minimum absolute atomic E-state index is 0.0556. The Bertz CT molecular complexity index is 968. The van der Waals surface area contributed by atoms with Gasteiger partial charge in [-0.05, 0) is 49.9 Å². The molecule has 0 heterocycles. The molecule has 8 nitrogen and oxygen atoms in total. The molecule has 2 aromatic rings. The Morgan fingerprint density at radius 1 is 0.938 bits per heavy atom. The Kier molecular flexibility index (Phi) is 6.72. The average Bonchev–Trinajstić information content (AvgIpc) is 3.02. The third kappa shape index (κ3) is 5.38. The lowest BCUT2D eigenvalue weighted by atomic mass is 9.98.